The van der Waals surface area contributed by atoms with E-state index in [9.17, 15) is 9.59 Å². The first kappa shape index (κ1) is 23.9. The molecule has 4 rings (SSSR count). The summed E-state index contributed by atoms with van der Waals surface area (Å²) < 4.78 is 22.6. The van der Waals surface area contributed by atoms with Crippen LogP contribution in [0.4, 0.5) is 5.69 Å². The maximum atomic E-state index is 12.8. The van der Waals surface area contributed by atoms with Crippen molar-refractivity contribution in [3.8, 4) is 5.75 Å². The van der Waals surface area contributed by atoms with Crippen LogP contribution in [0.15, 0.2) is 96.6 Å². The zero-order valence-electron chi connectivity index (χ0n) is 19.9. The van der Waals surface area contributed by atoms with Gasteiger partial charge in [-0.05, 0) is 63.5 Å². The number of amides is 1. The molecule has 1 amide bonds. The monoisotopic (exact) mass is 473 g/mol. The van der Waals surface area contributed by atoms with Gasteiger partial charge in [0.25, 0.3) is 5.91 Å². The molecular formula is C28H27NO6. The minimum Gasteiger partial charge on any atom is -0.461 e. The van der Waals surface area contributed by atoms with Crippen LogP contribution < -0.4 is 10.1 Å². The van der Waals surface area contributed by atoms with E-state index in [4.69, 9.17) is 18.9 Å². The van der Waals surface area contributed by atoms with Gasteiger partial charge in [0, 0.05) is 11.6 Å². The summed E-state index contributed by atoms with van der Waals surface area (Å²) >= 11 is 0. The Labute approximate surface area is 204 Å². The predicted molar refractivity (Wildman–Crippen MR) is 131 cm³/mol. The minimum absolute atomic E-state index is 0.128. The minimum atomic E-state index is -0.698. The van der Waals surface area contributed by atoms with E-state index in [2.05, 4.69) is 11.4 Å². The Hall–Kier alpha value is -4.26. The third-order valence-electron chi connectivity index (χ3n) is 4.99. The smallest absolute Gasteiger partial charge is 0.340 e. The van der Waals surface area contributed by atoms with Crippen molar-refractivity contribution in [2.24, 2.45) is 0 Å². The molecule has 180 valence electrons. The number of carbonyl (C=O) groups excluding carboxylic acids is 2. The lowest BCUT2D eigenvalue weighted by atomic mass is 10.0. The van der Waals surface area contributed by atoms with E-state index in [1.165, 1.54) is 12.5 Å². The molecule has 0 bridgehead atoms. The zero-order chi connectivity index (χ0) is 24.8. The van der Waals surface area contributed by atoms with E-state index in [-0.39, 0.29) is 23.1 Å². The molecule has 0 atom stereocenters. The molecule has 1 heterocycles. The normalized spacial score (nSPS) is 15.0. The summed E-state index contributed by atoms with van der Waals surface area (Å²) in [6.07, 6.45) is 10.6. The van der Waals surface area contributed by atoms with Crippen molar-refractivity contribution in [3.05, 3.63) is 108 Å². The van der Waals surface area contributed by atoms with Crippen molar-refractivity contribution in [2.75, 3.05) is 5.32 Å². The van der Waals surface area contributed by atoms with Gasteiger partial charge in [-0.3, -0.25) is 4.79 Å². The van der Waals surface area contributed by atoms with Crippen LogP contribution in [0.3, 0.4) is 0 Å². The van der Waals surface area contributed by atoms with Crippen LogP contribution in [-0.2, 0) is 14.2 Å². The van der Waals surface area contributed by atoms with Gasteiger partial charge in [-0.2, -0.15) is 0 Å². The lowest BCUT2D eigenvalue weighted by molar-refractivity contribution is 0.00707. The molecule has 2 aromatic rings. The van der Waals surface area contributed by atoms with Crippen LogP contribution in [0.5, 0.6) is 5.75 Å². The fraction of sp³-hybridized carbons (Fsp3) is 0.214. The molecule has 7 heteroatoms. The molecular weight excluding hydrogens is 446 g/mol. The summed E-state index contributed by atoms with van der Waals surface area (Å²) in [6.45, 7) is 5.33. The molecule has 0 radical (unpaired) electrons. The maximum absolute atomic E-state index is 12.8. The first-order chi connectivity index (χ1) is 16.8. The Morgan fingerprint density at radius 1 is 1.03 bits per heavy atom. The van der Waals surface area contributed by atoms with Crippen molar-refractivity contribution in [1.29, 1.82) is 0 Å². The molecule has 2 aliphatic rings. The predicted octanol–water partition coefficient (Wildman–Crippen LogP) is 6.24. The fourth-order valence-corrected chi connectivity index (χ4v) is 3.40. The number of hydrogen-bond donors (Lipinski definition) is 1. The molecule has 0 saturated carbocycles. The van der Waals surface area contributed by atoms with Crippen molar-refractivity contribution in [1.82, 2.24) is 0 Å². The molecule has 0 saturated heterocycles. The highest BCUT2D eigenvalue weighted by Gasteiger charge is 2.23. The standard InChI is InChI=1S/C28H27NO6/c1-28(2,3)35-27(31)22-15-14-21(16-23(22)29-26(30)20-12-8-5-9-13-20)33-25-18-32-17-24(34-25)19-10-6-4-7-11-19/h4-6,8-10,12-18H,7,11H2,1-3H3,(H,29,30). The Kier molecular flexibility index (Phi) is 7.06. The van der Waals surface area contributed by atoms with Gasteiger partial charge in [0.05, 0.1) is 11.3 Å². The summed E-state index contributed by atoms with van der Waals surface area (Å²) in [4.78, 5) is 25.6. The maximum Gasteiger partial charge on any atom is 0.340 e. The van der Waals surface area contributed by atoms with Crippen LogP contribution in [-0.4, -0.2) is 17.5 Å². The largest absolute Gasteiger partial charge is 0.461 e. The summed E-state index contributed by atoms with van der Waals surface area (Å²) in [6, 6.07) is 13.4. The third-order valence-corrected chi connectivity index (χ3v) is 4.99. The van der Waals surface area contributed by atoms with Crippen molar-refractivity contribution in [2.45, 2.75) is 39.2 Å². The number of esters is 1. The lowest BCUT2D eigenvalue weighted by Crippen LogP contribution is -2.25. The molecule has 1 N–H and O–H groups in total. The molecule has 0 unspecified atom stereocenters. The second-order valence-corrected chi connectivity index (χ2v) is 8.95. The van der Waals surface area contributed by atoms with Gasteiger partial charge in [0.2, 0.25) is 0 Å². The molecule has 1 aliphatic heterocycles. The summed E-state index contributed by atoms with van der Waals surface area (Å²) in [5, 5.41) is 2.79. The zero-order valence-corrected chi connectivity index (χ0v) is 19.9. The first-order valence-corrected chi connectivity index (χ1v) is 11.3. The first-order valence-electron chi connectivity index (χ1n) is 11.3. The fourth-order valence-electron chi connectivity index (χ4n) is 3.40. The Balaban J connectivity index is 1.56. The lowest BCUT2D eigenvalue weighted by Gasteiger charge is -2.21. The van der Waals surface area contributed by atoms with Gasteiger partial charge in [-0.25, -0.2) is 4.79 Å². The van der Waals surface area contributed by atoms with E-state index in [0.29, 0.717) is 17.1 Å². The number of hydrogen-bond acceptors (Lipinski definition) is 6. The van der Waals surface area contributed by atoms with Crippen molar-refractivity contribution < 1.29 is 28.5 Å². The molecule has 35 heavy (non-hydrogen) atoms. The van der Waals surface area contributed by atoms with Crippen molar-refractivity contribution >= 4 is 17.6 Å². The van der Waals surface area contributed by atoms with Gasteiger partial charge in [0.1, 0.15) is 17.6 Å². The summed E-state index contributed by atoms with van der Waals surface area (Å²) in [5.74, 6) is 0.102. The van der Waals surface area contributed by atoms with E-state index >= 15 is 0 Å². The van der Waals surface area contributed by atoms with E-state index < -0.39 is 11.6 Å². The number of anilines is 1. The Morgan fingerprint density at radius 2 is 1.83 bits per heavy atom. The van der Waals surface area contributed by atoms with Gasteiger partial charge in [-0.1, -0.05) is 36.4 Å². The van der Waals surface area contributed by atoms with Crippen LogP contribution in [0.25, 0.3) is 0 Å². The van der Waals surface area contributed by atoms with E-state index in [1.807, 2.05) is 18.2 Å². The van der Waals surface area contributed by atoms with Gasteiger partial charge < -0.3 is 24.3 Å². The number of benzene rings is 2. The number of rotatable bonds is 6. The molecule has 0 fully saturated rings. The number of allylic oxidation sites excluding steroid dienone is 4. The second kappa shape index (κ2) is 10.3. The van der Waals surface area contributed by atoms with Gasteiger partial charge >= 0.3 is 11.9 Å². The Bertz CT molecular complexity index is 1230. The van der Waals surface area contributed by atoms with Crippen LogP contribution in [0, 0.1) is 0 Å². The second-order valence-electron chi connectivity index (χ2n) is 8.95. The molecule has 7 nitrogen and oxygen atoms in total. The number of ether oxygens (including phenoxy) is 4. The van der Waals surface area contributed by atoms with Gasteiger partial charge in [0.15, 0.2) is 12.0 Å². The highest BCUT2D eigenvalue weighted by atomic mass is 16.7. The Morgan fingerprint density at radius 3 is 2.54 bits per heavy atom. The van der Waals surface area contributed by atoms with Gasteiger partial charge in [-0.15, -0.1) is 0 Å². The topological polar surface area (TPSA) is 83.1 Å². The van der Waals surface area contributed by atoms with E-state index in [0.717, 1.165) is 18.4 Å². The van der Waals surface area contributed by atoms with Crippen LogP contribution in [0.2, 0.25) is 0 Å². The third kappa shape index (κ3) is 6.41. The molecule has 2 aromatic carbocycles. The SMILES string of the molecule is CC(C)(C)OC(=O)c1ccc(OC2=COC=C(C3=CC=CCC3)O2)cc1NC(=O)c1ccccc1. The highest BCUT2D eigenvalue weighted by Crippen LogP contribution is 2.30. The highest BCUT2D eigenvalue weighted by molar-refractivity contribution is 6.08. The van der Waals surface area contributed by atoms with Crippen LogP contribution >= 0.6 is 0 Å². The average Bonchev–Trinajstić information content (AvgIpc) is 2.84. The summed E-state index contributed by atoms with van der Waals surface area (Å²) in [7, 11) is 0. The number of nitrogens with one attached hydrogen (secondary N) is 1. The van der Waals surface area contributed by atoms with E-state index in [1.54, 1.807) is 63.2 Å². The van der Waals surface area contributed by atoms with Crippen molar-refractivity contribution in [3.63, 3.8) is 0 Å². The van der Waals surface area contributed by atoms with Crippen LogP contribution in [0.1, 0.15) is 54.3 Å². The average molecular weight is 474 g/mol. The molecule has 0 aromatic heterocycles. The molecule has 0 spiro atoms. The summed E-state index contributed by atoms with van der Waals surface area (Å²) in [5.41, 5.74) is 1.20. The number of carbonyl (C=O) groups is 2. The quantitative estimate of drug-likeness (QED) is 0.500. The molecule has 1 aliphatic carbocycles.